The summed E-state index contributed by atoms with van der Waals surface area (Å²) in [5.74, 6) is 0.0439. The number of carbonyl (C=O) groups is 1. The van der Waals surface area contributed by atoms with E-state index in [9.17, 15) is 4.79 Å². The number of benzene rings is 1. The lowest BCUT2D eigenvalue weighted by atomic mass is 10.0. The van der Waals surface area contributed by atoms with Crippen molar-refractivity contribution in [3.8, 4) is 0 Å². The SMILES string of the molecule is CCc1ccc(NC(=O)CN2CCCCC2C)cc1N. The van der Waals surface area contributed by atoms with Crippen LogP contribution in [0.1, 0.15) is 38.7 Å². The highest BCUT2D eigenvalue weighted by atomic mass is 16.2. The normalized spacial score (nSPS) is 19.8. The number of nitrogens with one attached hydrogen (secondary N) is 1. The molecule has 1 aliphatic rings. The Morgan fingerprint density at radius 1 is 1.45 bits per heavy atom. The van der Waals surface area contributed by atoms with Crippen molar-refractivity contribution in [2.24, 2.45) is 0 Å². The van der Waals surface area contributed by atoms with Gasteiger partial charge >= 0.3 is 0 Å². The molecule has 1 saturated heterocycles. The van der Waals surface area contributed by atoms with E-state index in [1.54, 1.807) is 0 Å². The Balaban J connectivity index is 1.92. The third-order valence-electron chi connectivity index (χ3n) is 4.10. The third-order valence-corrected chi connectivity index (χ3v) is 4.10. The summed E-state index contributed by atoms with van der Waals surface area (Å²) in [6.07, 6.45) is 4.56. The Morgan fingerprint density at radius 2 is 2.25 bits per heavy atom. The van der Waals surface area contributed by atoms with E-state index in [-0.39, 0.29) is 5.91 Å². The molecule has 0 aliphatic carbocycles. The second-order valence-electron chi connectivity index (χ2n) is 5.63. The van der Waals surface area contributed by atoms with Crippen LogP contribution in [0.5, 0.6) is 0 Å². The largest absolute Gasteiger partial charge is 0.398 e. The Kier molecular flexibility index (Phi) is 5.01. The minimum Gasteiger partial charge on any atom is -0.398 e. The molecule has 1 heterocycles. The van der Waals surface area contributed by atoms with Gasteiger partial charge in [0.1, 0.15) is 0 Å². The predicted molar refractivity (Wildman–Crippen MR) is 83.7 cm³/mol. The summed E-state index contributed by atoms with van der Waals surface area (Å²) in [4.78, 5) is 14.4. The Hall–Kier alpha value is -1.55. The van der Waals surface area contributed by atoms with Gasteiger partial charge in [-0.2, -0.15) is 0 Å². The van der Waals surface area contributed by atoms with Gasteiger partial charge in [-0.25, -0.2) is 0 Å². The van der Waals surface area contributed by atoms with Crippen LogP contribution < -0.4 is 11.1 Å². The second kappa shape index (κ2) is 6.75. The minimum absolute atomic E-state index is 0.0439. The number of amides is 1. The molecule has 1 amide bonds. The van der Waals surface area contributed by atoms with Crippen molar-refractivity contribution >= 4 is 17.3 Å². The van der Waals surface area contributed by atoms with Gasteiger partial charge in [0, 0.05) is 17.4 Å². The Morgan fingerprint density at radius 3 is 2.90 bits per heavy atom. The molecule has 110 valence electrons. The highest BCUT2D eigenvalue weighted by molar-refractivity contribution is 5.92. The van der Waals surface area contributed by atoms with Crippen LogP contribution >= 0.6 is 0 Å². The number of hydrogen-bond acceptors (Lipinski definition) is 3. The molecule has 0 bridgehead atoms. The summed E-state index contributed by atoms with van der Waals surface area (Å²) in [5.41, 5.74) is 8.60. The van der Waals surface area contributed by atoms with Crippen molar-refractivity contribution in [2.75, 3.05) is 24.1 Å². The number of anilines is 2. The van der Waals surface area contributed by atoms with Gasteiger partial charge in [0.2, 0.25) is 5.91 Å². The fourth-order valence-corrected chi connectivity index (χ4v) is 2.77. The molecule has 4 nitrogen and oxygen atoms in total. The zero-order valence-electron chi connectivity index (χ0n) is 12.5. The summed E-state index contributed by atoms with van der Waals surface area (Å²) in [6.45, 7) is 5.75. The number of aryl methyl sites for hydroxylation is 1. The maximum atomic E-state index is 12.1. The molecular formula is C16H25N3O. The minimum atomic E-state index is 0.0439. The van der Waals surface area contributed by atoms with Crippen molar-refractivity contribution in [3.05, 3.63) is 23.8 Å². The van der Waals surface area contributed by atoms with E-state index in [4.69, 9.17) is 5.73 Å². The Bertz CT molecular complexity index is 473. The first-order valence-electron chi connectivity index (χ1n) is 7.52. The molecule has 0 spiro atoms. The van der Waals surface area contributed by atoms with E-state index < -0.39 is 0 Å². The zero-order chi connectivity index (χ0) is 14.5. The van der Waals surface area contributed by atoms with Gasteiger partial charge in [-0.05, 0) is 50.4 Å². The molecule has 4 heteroatoms. The van der Waals surface area contributed by atoms with E-state index in [0.717, 1.165) is 29.9 Å². The van der Waals surface area contributed by atoms with Crippen molar-refractivity contribution in [1.82, 2.24) is 4.90 Å². The van der Waals surface area contributed by atoms with Crippen molar-refractivity contribution < 1.29 is 4.79 Å². The lowest BCUT2D eigenvalue weighted by Gasteiger charge is -2.32. The predicted octanol–water partition coefficient (Wildman–Crippen LogP) is 2.64. The number of likely N-dealkylation sites (tertiary alicyclic amines) is 1. The topological polar surface area (TPSA) is 58.4 Å². The van der Waals surface area contributed by atoms with Gasteiger partial charge in [0.15, 0.2) is 0 Å². The van der Waals surface area contributed by atoms with Gasteiger partial charge in [-0.3, -0.25) is 9.69 Å². The number of piperidine rings is 1. The molecule has 0 aromatic heterocycles. The standard InChI is InChI=1S/C16H25N3O/c1-3-13-7-8-14(10-15(13)17)18-16(20)11-19-9-5-4-6-12(19)2/h7-8,10,12H,3-6,9,11,17H2,1-2H3,(H,18,20). The average Bonchev–Trinajstić information content (AvgIpc) is 2.41. The molecule has 0 radical (unpaired) electrons. The number of carbonyl (C=O) groups excluding carboxylic acids is 1. The summed E-state index contributed by atoms with van der Waals surface area (Å²) >= 11 is 0. The van der Waals surface area contributed by atoms with Crippen molar-refractivity contribution in [1.29, 1.82) is 0 Å². The summed E-state index contributed by atoms with van der Waals surface area (Å²) in [5, 5.41) is 2.94. The van der Waals surface area contributed by atoms with E-state index in [1.807, 2.05) is 18.2 Å². The van der Waals surface area contributed by atoms with Crippen LogP contribution in [0, 0.1) is 0 Å². The fourth-order valence-electron chi connectivity index (χ4n) is 2.77. The van der Waals surface area contributed by atoms with Crippen molar-refractivity contribution in [2.45, 2.75) is 45.6 Å². The molecule has 1 fully saturated rings. The molecule has 1 aromatic carbocycles. The number of hydrogen-bond donors (Lipinski definition) is 2. The fraction of sp³-hybridized carbons (Fsp3) is 0.562. The first kappa shape index (κ1) is 14.9. The number of nitrogens with zero attached hydrogens (tertiary/aromatic N) is 1. The first-order chi connectivity index (χ1) is 9.60. The number of rotatable bonds is 4. The quantitative estimate of drug-likeness (QED) is 0.831. The molecule has 1 aromatic rings. The van der Waals surface area contributed by atoms with Crippen LogP contribution in [0.3, 0.4) is 0 Å². The summed E-state index contributed by atoms with van der Waals surface area (Å²) in [6, 6.07) is 6.25. The smallest absolute Gasteiger partial charge is 0.238 e. The van der Waals surface area contributed by atoms with Crippen LogP contribution in [0.25, 0.3) is 0 Å². The van der Waals surface area contributed by atoms with Crippen LogP contribution in [-0.2, 0) is 11.2 Å². The van der Waals surface area contributed by atoms with Gasteiger partial charge in [-0.15, -0.1) is 0 Å². The van der Waals surface area contributed by atoms with Gasteiger partial charge in [-0.1, -0.05) is 19.4 Å². The van der Waals surface area contributed by atoms with E-state index in [1.165, 1.54) is 19.3 Å². The molecule has 1 atom stereocenters. The average molecular weight is 275 g/mol. The number of nitrogens with two attached hydrogens (primary N) is 1. The molecule has 1 aliphatic heterocycles. The molecule has 2 rings (SSSR count). The number of nitrogen functional groups attached to an aromatic ring is 1. The Labute approximate surface area is 121 Å². The van der Waals surface area contributed by atoms with Crippen LogP contribution in [0.15, 0.2) is 18.2 Å². The lowest BCUT2D eigenvalue weighted by Crippen LogP contribution is -2.42. The highest BCUT2D eigenvalue weighted by Gasteiger charge is 2.20. The molecular weight excluding hydrogens is 250 g/mol. The van der Waals surface area contributed by atoms with Crippen LogP contribution in [0.4, 0.5) is 11.4 Å². The van der Waals surface area contributed by atoms with Gasteiger partial charge in [0.05, 0.1) is 6.54 Å². The first-order valence-corrected chi connectivity index (χ1v) is 7.52. The third kappa shape index (κ3) is 3.73. The van der Waals surface area contributed by atoms with Gasteiger partial charge < -0.3 is 11.1 Å². The van der Waals surface area contributed by atoms with E-state index in [2.05, 4.69) is 24.1 Å². The van der Waals surface area contributed by atoms with Crippen LogP contribution in [0.2, 0.25) is 0 Å². The molecule has 20 heavy (non-hydrogen) atoms. The van der Waals surface area contributed by atoms with Crippen molar-refractivity contribution in [3.63, 3.8) is 0 Å². The second-order valence-corrected chi connectivity index (χ2v) is 5.63. The maximum Gasteiger partial charge on any atom is 0.238 e. The zero-order valence-corrected chi connectivity index (χ0v) is 12.5. The lowest BCUT2D eigenvalue weighted by molar-refractivity contribution is -0.118. The monoisotopic (exact) mass is 275 g/mol. The molecule has 0 saturated carbocycles. The van der Waals surface area contributed by atoms with E-state index in [0.29, 0.717) is 12.6 Å². The maximum absolute atomic E-state index is 12.1. The highest BCUT2D eigenvalue weighted by Crippen LogP contribution is 2.19. The molecule has 1 unspecified atom stereocenters. The van der Waals surface area contributed by atoms with Gasteiger partial charge in [0.25, 0.3) is 0 Å². The van der Waals surface area contributed by atoms with Crippen LogP contribution in [-0.4, -0.2) is 29.9 Å². The van der Waals surface area contributed by atoms with E-state index >= 15 is 0 Å². The summed E-state index contributed by atoms with van der Waals surface area (Å²) < 4.78 is 0. The summed E-state index contributed by atoms with van der Waals surface area (Å²) in [7, 11) is 0. The molecule has 3 N–H and O–H groups in total.